The Kier molecular flexibility index (Phi) is 4.17. The molecule has 0 N–H and O–H groups in total. The van der Waals surface area contributed by atoms with Gasteiger partial charge >= 0.3 is 0 Å². The molecule has 0 radical (unpaired) electrons. The summed E-state index contributed by atoms with van der Waals surface area (Å²) in [6.07, 6.45) is 2.47. The van der Waals surface area contributed by atoms with Crippen LogP contribution in [0.3, 0.4) is 0 Å². The molecule has 0 saturated carbocycles. The number of aromatic nitrogens is 4. The van der Waals surface area contributed by atoms with E-state index in [1.54, 1.807) is 13.0 Å². The molecule has 0 aliphatic carbocycles. The monoisotopic (exact) mass is 428 g/mol. The van der Waals surface area contributed by atoms with E-state index in [0.717, 1.165) is 5.01 Å². The number of amides is 2. The number of nitrogens with zero attached hydrogens (tertiary/aromatic N) is 6. The molecular weight excluding hydrogens is 412 g/mol. The van der Waals surface area contributed by atoms with Gasteiger partial charge in [0, 0.05) is 18.5 Å². The number of carbonyl (C=O) groups is 2. The summed E-state index contributed by atoms with van der Waals surface area (Å²) in [5, 5.41) is 8.48. The molecular formula is C18H16N6O5S. The van der Waals surface area contributed by atoms with Crippen LogP contribution in [0.2, 0.25) is 0 Å². The van der Waals surface area contributed by atoms with E-state index >= 15 is 0 Å². The standard InChI is InChI=1S/C18H16N6O5S/c1-11-15-16(18(26)24(17(15)25)22-9-19-20-10-22)13-8-12(2-3-14(13)21-11)30(27,28)23-4-6-29-7-5-23/h2-3,8-10H,4-7H2,1H3. The first-order valence-electron chi connectivity index (χ1n) is 9.15. The van der Waals surface area contributed by atoms with Gasteiger partial charge in [-0.2, -0.15) is 9.31 Å². The molecule has 30 heavy (non-hydrogen) atoms. The van der Waals surface area contributed by atoms with E-state index < -0.39 is 21.8 Å². The second-order valence-electron chi connectivity index (χ2n) is 6.91. The number of fused-ring (bicyclic) bond motifs is 3. The summed E-state index contributed by atoms with van der Waals surface area (Å²) in [5.41, 5.74) is 1.08. The maximum atomic E-state index is 13.2. The van der Waals surface area contributed by atoms with E-state index in [0.29, 0.717) is 29.8 Å². The van der Waals surface area contributed by atoms with Crippen LogP contribution in [-0.2, 0) is 14.8 Å². The molecule has 0 bridgehead atoms. The van der Waals surface area contributed by atoms with E-state index in [1.807, 2.05) is 0 Å². The van der Waals surface area contributed by atoms with Crippen LogP contribution in [0.25, 0.3) is 10.9 Å². The van der Waals surface area contributed by atoms with E-state index in [4.69, 9.17) is 4.74 Å². The molecule has 4 heterocycles. The molecule has 1 saturated heterocycles. The molecule has 0 atom stereocenters. The molecule has 2 aromatic heterocycles. The minimum atomic E-state index is -3.78. The molecule has 0 unspecified atom stereocenters. The van der Waals surface area contributed by atoms with E-state index in [9.17, 15) is 18.0 Å². The van der Waals surface area contributed by atoms with Gasteiger partial charge in [-0.3, -0.25) is 14.6 Å². The summed E-state index contributed by atoms with van der Waals surface area (Å²) in [4.78, 5) is 30.6. The second-order valence-corrected chi connectivity index (χ2v) is 8.84. The lowest BCUT2D eigenvalue weighted by Crippen LogP contribution is -2.40. The van der Waals surface area contributed by atoms with Gasteiger partial charge in [-0.05, 0) is 25.1 Å². The van der Waals surface area contributed by atoms with Crippen LogP contribution in [-0.4, -0.2) is 70.7 Å². The van der Waals surface area contributed by atoms with Gasteiger partial charge < -0.3 is 4.74 Å². The van der Waals surface area contributed by atoms with Crippen LogP contribution in [0, 0.1) is 6.92 Å². The maximum Gasteiger partial charge on any atom is 0.282 e. The highest BCUT2D eigenvalue weighted by atomic mass is 32.2. The third-order valence-corrected chi connectivity index (χ3v) is 7.09. The average molecular weight is 428 g/mol. The number of hydrogen-bond acceptors (Lipinski definition) is 8. The van der Waals surface area contributed by atoms with Gasteiger partial charge in [-0.25, -0.2) is 13.1 Å². The summed E-state index contributed by atoms with van der Waals surface area (Å²) in [7, 11) is -3.78. The molecule has 2 aliphatic heterocycles. The van der Waals surface area contributed by atoms with Crippen molar-refractivity contribution in [2.45, 2.75) is 11.8 Å². The van der Waals surface area contributed by atoms with Crippen LogP contribution in [0.15, 0.2) is 35.7 Å². The first-order valence-corrected chi connectivity index (χ1v) is 10.6. The molecule has 2 aliphatic rings. The zero-order valence-electron chi connectivity index (χ0n) is 15.8. The van der Waals surface area contributed by atoms with Crippen molar-refractivity contribution in [3.05, 3.63) is 47.7 Å². The first-order chi connectivity index (χ1) is 14.4. The lowest BCUT2D eigenvalue weighted by Gasteiger charge is -2.26. The summed E-state index contributed by atoms with van der Waals surface area (Å²) in [6.45, 7) is 2.79. The maximum absolute atomic E-state index is 13.2. The number of pyridine rings is 1. The number of hydrogen-bond donors (Lipinski definition) is 0. The summed E-state index contributed by atoms with van der Waals surface area (Å²) >= 11 is 0. The highest BCUT2D eigenvalue weighted by Crippen LogP contribution is 2.32. The number of morpholine rings is 1. The number of benzene rings is 1. The third-order valence-electron chi connectivity index (χ3n) is 5.20. The quantitative estimate of drug-likeness (QED) is 0.537. The van der Waals surface area contributed by atoms with Gasteiger partial charge in [-0.15, -0.1) is 10.2 Å². The minimum absolute atomic E-state index is 0.0350. The Hall–Kier alpha value is -3.22. The first kappa shape index (κ1) is 18.8. The van der Waals surface area contributed by atoms with Crippen LogP contribution in [0.4, 0.5) is 0 Å². The van der Waals surface area contributed by atoms with Crippen molar-refractivity contribution in [3.8, 4) is 0 Å². The molecule has 2 amide bonds. The molecule has 154 valence electrons. The minimum Gasteiger partial charge on any atom is -0.379 e. The normalized spacial score (nSPS) is 17.7. The van der Waals surface area contributed by atoms with E-state index in [2.05, 4.69) is 15.2 Å². The fourth-order valence-electron chi connectivity index (χ4n) is 3.76. The lowest BCUT2D eigenvalue weighted by molar-refractivity contribution is 0.0730. The largest absolute Gasteiger partial charge is 0.379 e. The summed E-state index contributed by atoms with van der Waals surface area (Å²) in [6, 6.07) is 4.42. The Morgan fingerprint density at radius 3 is 2.37 bits per heavy atom. The van der Waals surface area contributed by atoms with Gasteiger partial charge in [0.05, 0.1) is 40.4 Å². The lowest BCUT2D eigenvalue weighted by atomic mass is 10.0. The Balaban J connectivity index is 1.69. The van der Waals surface area contributed by atoms with Crippen molar-refractivity contribution < 1.29 is 22.7 Å². The predicted molar refractivity (Wildman–Crippen MR) is 103 cm³/mol. The number of ether oxygens (including phenoxy) is 1. The van der Waals surface area contributed by atoms with E-state index in [-0.39, 0.29) is 29.1 Å². The number of imide groups is 1. The van der Waals surface area contributed by atoms with Gasteiger partial charge in [0.2, 0.25) is 10.0 Å². The molecule has 11 nitrogen and oxygen atoms in total. The Labute approximate surface area is 170 Å². The number of sulfonamides is 1. The summed E-state index contributed by atoms with van der Waals surface area (Å²) < 4.78 is 33.9. The van der Waals surface area contributed by atoms with Crippen LogP contribution >= 0.6 is 0 Å². The Morgan fingerprint density at radius 2 is 1.67 bits per heavy atom. The molecule has 1 fully saturated rings. The highest BCUT2D eigenvalue weighted by Gasteiger charge is 2.41. The number of rotatable bonds is 3. The van der Waals surface area contributed by atoms with E-state index in [1.165, 1.54) is 33.8 Å². The molecule has 0 spiro atoms. The van der Waals surface area contributed by atoms with Crippen molar-refractivity contribution in [3.63, 3.8) is 0 Å². The van der Waals surface area contributed by atoms with Crippen molar-refractivity contribution in [2.75, 3.05) is 31.3 Å². The highest BCUT2D eigenvalue weighted by molar-refractivity contribution is 7.89. The third kappa shape index (κ3) is 2.65. The number of carbonyl (C=O) groups excluding carboxylic acids is 2. The Bertz CT molecular complexity index is 1300. The van der Waals surface area contributed by atoms with Crippen molar-refractivity contribution in [2.24, 2.45) is 0 Å². The molecule has 1 aromatic carbocycles. The van der Waals surface area contributed by atoms with Crippen LogP contribution < -0.4 is 5.01 Å². The zero-order valence-corrected chi connectivity index (χ0v) is 16.7. The van der Waals surface area contributed by atoms with Gasteiger partial charge in [0.1, 0.15) is 12.7 Å². The average Bonchev–Trinajstić information content (AvgIpc) is 3.35. The molecule has 3 aromatic rings. The van der Waals surface area contributed by atoms with Gasteiger partial charge in [-0.1, -0.05) is 0 Å². The fraction of sp³-hybridized carbons (Fsp3) is 0.278. The second kappa shape index (κ2) is 6.65. The summed E-state index contributed by atoms with van der Waals surface area (Å²) in [5.74, 6) is -1.16. The van der Waals surface area contributed by atoms with Crippen LogP contribution in [0.5, 0.6) is 0 Å². The Morgan fingerprint density at radius 1 is 1.00 bits per heavy atom. The fourth-order valence-corrected chi connectivity index (χ4v) is 5.19. The van der Waals surface area contributed by atoms with Crippen molar-refractivity contribution in [1.29, 1.82) is 0 Å². The van der Waals surface area contributed by atoms with Crippen molar-refractivity contribution in [1.82, 2.24) is 24.2 Å². The molecule has 12 heteroatoms. The van der Waals surface area contributed by atoms with Gasteiger partial charge in [0.15, 0.2) is 0 Å². The topological polar surface area (TPSA) is 128 Å². The zero-order chi connectivity index (χ0) is 21.0. The SMILES string of the molecule is Cc1nc2ccc(S(=O)(=O)N3CCOCC3)cc2c2c1C(=O)N(n1cnnc1)C2=O. The van der Waals surface area contributed by atoms with Crippen LogP contribution in [0.1, 0.15) is 26.4 Å². The van der Waals surface area contributed by atoms with Gasteiger partial charge in [0.25, 0.3) is 11.8 Å². The number of aryl methyl sites for hydroxylation is 1. The smallest absolute Gasteiger partial charge is 0.282 e. The predicted octanol–water partition coefficient (Wildman–Crippen LogP) is 0.0878. The molecule has 5 rings (SSSR count). The van der Waals surface area contributed by atoms with Crippen molar-refractivity contribution >= 4 is 32.7 Å².